The molecule has 0 bridgehead atoms. The average molecular weight is 474 g/mol. The lowest BCUT2D eigenvalue weighted by Gasteiger charge is -2.43. The van der Waals surface area contributed by atoms with E-state index in [1.165, 1.54) is 0 Å². The van der Waals surface area contributed by atoms with Gasteiger partial charge in [0.2, 0.25) is 0 Å². The van der Waals surface area contributed by atoms with E-state index in [4.69, 9.17) is 16.3 Å². The van der Waals surface area contributed by atoms with Gasteiger partial charge in [-0.05, 0) is 56.7 Å². The topological polar surface area (TPSA) is 53.1 Å². The van der Waals surface area contributed by atoms with E-state index in [-0.39, 0.29) is 11.6 Å². The Balaban J connectivity index is 1.53. The van der Waals surface area contributed by atoms with Gasteiger partial charge in [-0.15, -0.1) is 0 Å². The number of hydrogen-bond donors (Lipinski definition) is 0. The van der Waals surface area contributed by atoms with Crippen LogP contribution in [0, 0.1) is 5.92 Å². The van der Waals surface area contributed by atoms with E-state index in [2.05, 4.69) is 4.90 Å². The lowest BCUT2D eigenvalue weighted by Crippen LogP contribution is -2.57. The minimum Gasteiger partial charge on any atom is -0.381 e. The molecule has 6 nitrogen and oxygen atoms in total. The number of likely N-dealkylation sites (tertiary alicyclic amines) is 1. The van der Waals surface area contributed by atoms with Crippen molar-refractivity contribution in [3.05, 3.63) is 28.8 Å². The van der Waals surface area contributed by atoms with Gasteiger partial charge in [0.15, 0.2) is 0 Å². The molecule has 0 aliphatic carbocycles. The maximum atomic E-state index is 13.5. The number of ether oxygens (including phenoxy) is 1. The standard InChI is InChI=1S/C22H27ClF3N3O3/c1-2-28-20(31)29(16-3-4-17(18(23)13-16)22(24,25)26)19(30)21(28)7-9-27(10-8-21)14-15-5-11-32-12-6-15/h3-4,13,15H,2,5-12,14H2,1H3. The maximum absolute atomic E-state index is 13.5. The fraction of sp³-hybridized carbons (Fsp3) is 0.636. The molecule has 3 aliphatic heterocycles. The summed E-state index contributed by atoms with van der Waals surface area (Å²) >= 11 is 5.85. The van der Waals surface area contributed by atoms with Gasteiger partial charge >= 0.3 is 12.2 Å². The van der Waals surface area contributed by atoms with Crippen LogP contribution >= 0.6 is 11.6 Å². The van der Waals surface area contributed by atoms with Crippen LogP contribution in [-0.4, -0.2) is 66.7 Å². The summed E-state index contributed by atoms with van der Waals surface area (Å²) in [7, 11) is 0. The molecule has 0 atom stereocenters. The molecule has 0 radical (unpaired) electrons. The van der Waals surface area contributed by atoms with Crippen LogP contribution in [0.1, 0.15) is 38.2 Å². The van der Waals surface area contributed by atoms with Gasteiger partial charge in [0.1, 0.15) is 5.54 Å². The third kappa shape index (κ3) is 4.10. The molecule has 3 aliphatic rings. The number of imide groups is 1. The van der Waals surface area contributed by atoms with Crippen molar-refractivity contribution in [2.75, 3.05) is 44.3 Å². The van der Waals surface area contributed by atoms with Crippen molar-refractivity contribution < 1.29 is 27.5 Å². The van der Waals surface area contributed by atoms with Crippen LogP contribution in [-0.2, 0) is 15.7 Å². The Bertz CT molecular complexity index is 881. The zero-order chi connectivity index (χ0) is 23.1. The number of urea groups is 1. The number of anilines is 1. The van der Waals surface area contributed by atoms with Crippen LogP contribution in [0.5, 0.6) is 0 Å². The third-order valence-electron chi connectivity index (χ3n) is 6.91. The molecule has 32 heavy (non-hydrogen) atoms. The molecule has 3 heterocycles. The van der Waals surface area contributed by atoms with Crippen LogP contribution < -0.4 is 4.90 Å². The van der Waals surface area contributed by atoms with E-state index in [0.717, 1.165) is 55.7 Å². The zero-order valence-corrected chi connectivity index (χ0v) is 18.7. The van der Waals surface area contributed by atoms with Gasteiger partial charge < -0.3 is 14.5 Å². The number of carbonyl (C=O) groups is 2. The summed E-state index contributed by atoms with van der Waals surface area (Å²) in [5.74, 6) is 0.192. The highest BCUT2D eigenvalue weighted by molar-refractivity contribution is 6.32. The molecule has 1 spiro atoms. The van der Waals surface area contributed by atoms with E-state index in [9.17, 15) is 22.8 Å². The largest absolute Gasteiger partial charge is 0.417 e. The first-order valence-corrected chi connectivity index (χ1v) is 11.4. The molecule has 0 saturated carbocycles. The Labute approximate surface area is 190 Å². The van der Waals surface area contributed by atoms with Gasteiger partial charge in [-0.3, -0.25) is 4.79 Å². The van der Waals surface area contributed by atoms with Crippen LogP contribution in [0.15, 0.2) is 18.2 Å². The van der Waals surface area contributed by atoms with Crippen molar-refractivity contribution in [2.24, 2.45) is 5.92 Å². The zero-order valence-electron chi connectivity index (χ0n) is 18.0. The molecule has 3 fully saturated rings. The smallest absolute Gasteiger partial charge is 0.381 e. The lowest BCUT2D eigenvalue weighted by molar-refractivity contribution is -0.137. The number of alkyl halides is 3. The van der Waals surface area contributed by atoms with Crippen LogP contribution in [0.25, 0.3) is 0 Å². The molecule has 0 N–H and O–H groups in total. The first-order valence-electron chi connectivity index (χ1n) is 11.0. The Kier molecular flexibility index (Phi) is 6.44. The van der Waals surface area contributed by atoms with Crippen molar-refractivity contribution in [3.8, 4) is 0 Å². The summed E-state index contributed by atoms with van der Waals surface area (Å²) in [5, 5.41) is -0.536. The summed E-state index contributed by atoms with van der Waals surface area (Å²) in [6.45, 7) is 6.04. The number of carbonyl (C=O) groups excluding carboxylic acids is 2. The first-order chi connectivity index (χ1) is 15.2. The minimum absolute atomic E-state index is 0.0676. The van der Waals surface area contributed by atoms with Crippen molar-refractivity contribution in [1.29, 1.82) is 0 Å². The summed E-state index contributed by atoms with van der Waals surface area (Å²) < 4.78 is 44.6. The van der Waals surface area contributed by atoms with Gasteiger partial charge in [0, 0.05) is 39.4 Å². The van der Waals surface area contributed by atoms with Gasteiger partial charge in [-0.25, -0.2) is 9.69 Å². The highest BCUT2D eigenvalue weighted by atomic mass is 35.5. The SMILES string of the molecule is CCN1C(=O)N(c2ccc(C(F)(F)F)c(Cl)c2)C(=O)C12CCN(CC1CCOCC1)CC2. The molecule has 1 aromatic rings. The normalized spacial score (nSPS) is 22.9. The number of hydrogen-bond acceptors (Lipinski definition) is 4. The number of amides is 3. The molecule has 10 heteroatoms. The second-order valence-corrected chi connectivity index (χ2v) is 9.12. The maximum Gasteiger partial charge on any atom is 0.417 e. The third-order valence-corrected chi connectivity index (χ3v) is 7.23. The van der Waals surface area contributed by atoms with Gasteiger partial charge in [0.25, 0.3) is 5.91 Å². The molecule has 3 saturated heterocycles. The van der Waals surface area contributed by atoms with Crippen LogP contribution in [0.4, 0.5) is 23.7 Å². The Morgan fingerprint density at radius 3 is 2.38 bits per heavy atom. The molecular weight excluding hydrogens is 447 g/mol. The van der Waals surface area contributed by atoms with Crippen LogP contribution in [0.3, 0.4) is 0 Å². The van der Waals surface area contributed by atoms with E-state index >= 15 is 0 Å². The van der Waals surface area contributed by atoms with Crippen molar-refractivity contribution in [2.45, 2.75) is 44.3 Å². The molecular formula is C22H27ClF3N3O3. The molecule has 0 aromatic heterocycles. The fourth-order valence-electron chi connectivity index (χ4n) is 5.14. The van der Waals surface area contributed by atoms with E-state index < -0.39 is 28.3 Å². The Morgan fingerprint density at radius 2 is 1.81 bits per heavy atom. The highest BCUT2D eigenvalue weighted by Gasteiger charge is 2.58. The van der Waals surface area contributed by atoms with E-state index in [1.807, 2.05) is 6.92 Å². The van der Waals surface area contributed by atoms with E-state index in [1.54, 1.807) is 4.90 Å². The lowest BCUT2D eigenvalue weighted by atomic mass is 9.85. The van der Waals surface area contributed by atoms with Gasteiger partial charge in [-0.2, -0.15) is 13.2 Å². The van der Waals surface area contributed by atoms with Gasteiger partial charge in [0.05, 0.1) is 16.3 Å². The second-order valence-electron chi connectivity index (χ2n) is 8.72. The second kappa shape index (κ2) is 8.83. The molecule has 0 unspecified atom stereocenters. The summed E-state index contributed by atoms with van der Waals surface area (Å²) in [6, 6.07) is 2.49. The van der Waals surface area contributed by atoms with Crippen LogP contribution in [0.2, 0.25) is 5.02 Å². The van der Waals surface area contributed by atoms with E-state index in [0.29, 0.717) is 38.4 Å². The number of halogens is 4. The molecule has 4 rings (SSSR count). The highest BCUT2D eigenvalue weighted by Crippen LogP contribution is 2.42. The number of piperidine rings is 1. The number of likely N-dealkylation sites (N-methyl/N-ethyl adjacent to an activating group) is 1. The first kappa shape index (κ1) is 23.3. The monoisotopic (exact) mass is 473 g/mol. The Morgan fingerprint density at radius 1 is 1.16 bits per heavy atom. The van der Waals surface area contributed by atoms with Crippen molar-refractivity contribution in [3.63, 3.8) is 0 Å². The summed E-state index contributed by atoms with van der Waals surface area (Å²) in [5.41, 5.74) is -1.89. The molecule has 1 aromatic carbocycles. The summed E-state index contributed by atoms with van der Waals surface area (Å²) in [4.78, 5) is 31.6. The van der Waals surface area contributed by atoms with Crippen molar-refractivity contribution in [1.82, 2.24) is 9.80 Å². The molecule has 3 amide bonds. The quantitative estimate of drug-likeness (QED) is 0.608. The number of nitrogens with zero attached hydrogens (tertiary/aromatic N) is 3. The number of rotatable bonds is 4. The molecule has 176 valence electrons. The average Bonchev–Trinajstić information content (AvgIpc) is 2.95. The predicted octanol–water partition coefficient (Wildman–Crippen LogP) is 4.41. The number of benzene rings is 1. The Hall–Kier alpha value is -1.84. The van der Waals surface area contributed by atoms with Gasteiger partial charge in [-0.1, -0.05) is 11.6 Å². The fourth-order valence-corrected chi connectivity index (χ4v) is 5.42. The predicted molar refractivity (Wildman–Crippen MR) is 114 cm³/mol. The summed E-state index contributed by atoms with van der Waals surface area (Å²) in [6.07, 6.45) is -1.55. The van der Waals surface area contributed by atoms with Crippen molar-refractivity contribution >= 4 is 29.2 Å². The minimum atomic E-state index is -4.61.